The van der Waals surface area contributed by atoms with Crippen LogP contribution in [-0.2, 0) is 11.5 Å². The Labute approximate surface area is 101 Å². The van der Waals surface area contributed by atoms with E-state index in [9.17, 15) is 0 Å². The fourth-order valence-corrected chi connectivity index (χ4v) is 3.87. The normalized spacial score (nSPS) is 14.2. The highest BCUT2D eigenvalue weighted by atomic mass is 79.9. The van der Waals surface area contributed by atoms with Crippen LogP contribution in [0, 0.1) is 0 Å². The van der Waals surface area contributed by atoms with Crippen LogP contribution in [0.25, 0.3) is 11.3 Å². The molecule has 0 spiro atoms. The van der Waals surface area contributed by atoms with Gasteiger partial charge in [-0.25, -0.2) is 0 Å². The Balaban J connectivity index is 2.14. The molecule has 2 heterocycles. The number of nitrogens with one attached hydrogen (secondary N) is 1. The summed E-state index contributed by atoms with van der Waals surface area (Å²) in [7, 11) is 0. The van der Waals surface area contributed by atoms with Crippen molar-refractivity contribution in [3.8, 4) is 11.3 Å². The van der Waals surface area contributed by atoms with E-state index in [0.717, 1.165) is 11.5 Å². The van der Waals surface area contributed by atoms with Crippen LogP contribution in [-0.4, -0.2) is 4.98 Å². The largest absolute Gasteiger partial charge is 0.357 e. The number of rotatable bonds is 1. The number of fused-ring (bicyclic) bond motifs is 1. The maximum Gasteiger partial charge on any atom is 0.0603 e. The standard InChI is InChI=1S/C12H10BrNS/c13-11-9-6-15-7-10(9)14-12(11)8-4-2-1-3-5-8/h1-5,14H,6-7H2. The van der Waals surface area contributed by atoms with Crippen molar-refractivity contribution >= 4 is 27.7 Å². The minimum Gasteiger partial charge on any atom is -0.357 e. The average molecular weight is 280 g/mol. The third-order valence-electron chi connectivity index (χ3n) is 2.68. The summed E-state index contributed by atoms with van der Waals surface area (Å²) < 4.78 is 1.24. The van der Waals surface area contributed by atoms with E-state index in [0.29, 0.717) is 0 Å². The summed E-state index contributed by atoms with van der Waals surface area (Å²) in [6, 6.07) is 10.5. The molecular formula is C12H10BrNS. The predicted octanol–water partition coefficient (Wildman–Crippen LogP) is 4.19. The Kier molecular flexibility index (Phi) is 2.37. The molecule has 0 fully saturated rings. The fourth-order valence-electron chi connectivity index (χ4n) is 1.90. The second-order valence-corrected chi connectivity index (χ2v) is 5.41. The second-order valence-electron chi connectivity index (χ2n) is 3.63. The van der Waals surface area contributed by atoms with Crippen LogP contribution in [0.15, 0.2) is 34.8 Å². The molecular weight excluding hydrogens is 270 g/mol. The molecule has 3 rings (SSSR count). The Bertz CT molecular complexity index is 490. The first-order valence-electron chi connectivity index (χ1n) is 4.88. The van der Waals surface area contributed by atoms with Crippen LogP contribution in [0.2, 0.25) is 0 Å². The van der Waals surface area contributed by atoms with E-state index in [1.165, 1.54) is 27.0 Å². The average Bonchev–Trinajstić information content (AvgIpc) is 2.83. The lowest BCUT2D eigenvalue weighted by atomic mass is 10.1. The quantitative estimate of drug-likeness (QED) is 0.828. The summed E-state index contributed by atoms with van der Waals surface area (Å²) in [5.74, 6) is 2.24. The van der Waals surface area contributed by atoms with Gasteiger partial charge in [0, 0.05) is 21.7 Å². The van der Waals surface area contributed by atoms with E-state index < -0.39 is 0 Å². The van der Waals surface area contributed by atoms with E-state index in [1.807, 2.05) is 17.8 Å². The van der Waals surface area contributed by atoms with Gasteiger partial charge in [-0.1, -0.05) is 30.3 Å². The van der Waals surface area contributed by atoms with Gasteiger partial charge in [-0.2, -0.15) is 11.8 Å². The van der Waals surface area contributed by atoms with Crippen molar-refractivity contribution in [3.05, 3.63) is 46.1 Å². The number of thioether (sulfide) groups is 1. The number of halogens is 1. The van der Waals surface area contributed by atoms with E-state index >= 15 is 0 Å². The zero-order valence-corrected chi connectivity index (χ0v) is 10.5. The molecule has 76 valence electrons. The molecule has 0 saturated carbocycles. The first kappa shape index (κ1) is 9.55. The van der Waals surface area contributed by atoms with Crippen molar-refractivity contribution < 1.29 is 0 Å². The second kappa shape index (κ2) is 3.72. The molecule has 1 N–H and O–H groups in total. The Morgan fingerprint density at radius 1 is 1.13 bits per heavy atom. The van der Waals surface area contributed by atoms with E-state index in [1.54, 1.807) is 0 Å². The van der Waals surface area contributed by atoms with Crippen molar-refractivity contribution in [2.75, 3.05) is 0 Å². The van der Waals surface area contributed by atoms with Gasteiger partial charge < -0.3 is 4.98 Å². The van der Waals surface area contributed by atoms with Gasteiger partial charge in [0.1, 0.15) is 0 Å². The first-order valence-corrected chi connectivity index (χ1v) is 6.83. The third-order valence-corrected chi connectivity index (χ3v) is 4.54. The van der Waals surface area contributed by atoms with Gasteiger partial charge >= 0.3 is 0 Å². The molecule has 0 bridgehead atoms. The van der Waals surface area contributed by atoms with Gasteiger partial charge in [-0.15, -0.1) is 0 Å². The molecule has 0 radical (unpaired) electrons. The maximum atomic E-state index is 3.69. The Morgan fingerprint density at radius 2 is 1.93 bits per heavy atom. The molecule has 0 unspecified atom stereocenters. The molecule has 3 heteroatoms. The smallest absolute Gasteiger partial charge is 0.0603 e. The zero-order chi connectivity index (χ0) is 10.3. The van der Waals surface area contributed by atoms with Crippen LogP contribution >= 0.6 is 27.7 Å². The van der Waals surface area contributed by atoms with Crippen LogP contribution < -0.4 is 0 Å². The summed E-state index contributed by atoms with van der Waals surface area (Å²) in [6.07, 6.45) is 0. The molecule has 1 aliphatic rings. The molecule has 1 aromatic heterocycles. The summed E-state index contributed by atoms with van der Waals surface area (Å²) in [6.45, 7) is 0. The SMILES string of the molecule is Brc1c(-c2ccccc2)[nH]c2c1CSC2. The number of hydrogen-bond acceptors (Lipinski definition) is 1. The lowest BCUT2D eigenvalue weighted by Gasteiger charge is -2.00. The molecule has 0 amide bonds. The van der Waals surface area contributed by atoms with Gasteiger partial charge in [0.25, 0.3) is 0 Å². The number of aromatic nitrogens is 1. The molecule has 1 nitrogen and oxygen atoms in total. The monoisotopic (exact) mass is 279 g/mol. The highest BCUT2D eigenvalue weighted by Crippen LogP contribution is 2.40. The van der Waals surface area contributed by atoms with E-state index in [-0.39, 0.29) is 0 Å². The summed E-state index contributed by atoms with van der Waals surface area (Å²) in [5, 5.41) is 0. The fraction of sp³-hybridized carbons (Fsp3) is 0.167. The molecule has 1 aromatic carbocycles. The number of hydrogen-bond donors (Lipinski definition) is 1. The van der Waals surface area contributed by atoms with Crippen LogP contribution in [0.1, 0.15) is 11.3 Å². The molecule has 2 aromatic rings. The van der Waals surface area contributed by atoms with Crippen molar-refractivity contribution in [1.82, 2.24) is 4.98 Å². The zero-order valence-electron chi connectivity index (χ0n) is 8.09. The topological polar surface area (TPSA) is 15.8 Å². The van der Waals surface area contributed by atoms with Crippen LogP contribution in [0.4, 0.5) is 0 Å². The maximum absolute atomic E-state index is 3.69. The summed E-state index contributed by atoms with van der Waals surface area (Å²) in [4.78, 5) is 3.51. The predicted molar refractivity (Wildman–Crippen MR) is 68.9 cm³/mol. The Hall–Kier alpha value is -0.670. The minimum absolute atomic E-state index is 1.11. The van der Waals surface area contributed by atoms with Crippen molar-refractivity contribution in [3.63, 3.8) is 0 Å². The lowest BCUT2D eigenvalue weighted by Crippen LogP contribution is -1.79. The molecule has 0 aliphatic carbocycles. The van der Waals surface area contributed by atoms with Crippen LogP contribution in [0.5, 0.6) is 0 Å². The molecule has 0 saturated heterocycles. The minimum atomic E-state index is 1.11. The Morgan fingerprint density at radius 3 is 2.67 bits per heavy atom. The third kappa shape index (κ3) is 1.54. The summed E-state index contributed by atoms with van der Waals surface area (Å²) >= 11 is 5.66. The molecule has 15 heavy (non-hydrogen) atoms. The first-order chi connectivity index (χ1) is 7.36. The van der Waals surface area contributed by atoms with Gasteiger partial charge in [0.15, 0.2) is 0 Å². The van der Waals surface area contributed by atoms with Crippen molar-refractivity contribution in [1.29, 1.82) is 0 Å². The highest BCUT2D eigenvalue weighted by molar-refractivity contribution is 9.10. The van der Waals surface area contributed by atoms with Gasteiger partial charge in [-0.3, -0.25) is 0 Å². The van der Waals surface area contributed by atoms with E-state index in [4.69, 9.17) is 0 Å². The molecule has 0 atom stereocenters. The van der Waals surface area contributed by atoms with E-state index in [2.05, 4.69) is 45.2 Å². The number of benzene rings is 1. The van der Waals surface area contributed by atoms with Crippen molar-refractivity contribution in [2.24, 2.45) is 0 Å². The van der Waals surface area contributed by atoms with Gasteiger partial charge in [-0.05, 0) is 27.1 Å². The number of H-pyrrole nitrogens is 1. The lowest BCUT2D eigenvalue weighted by molar-refractivity contribution is 1.23. The van der Waals surface area contributed by atoms with Crippen molar-refractivity contribution in [2.45, 2.75) is 11.5 Å². The summed E-state index contributed by atoms with van der Waals surface area (Å²) in [5.41, 5.74) is 5.30. The molecule has 1 aliphatic heterocycles. The van der Waals surface area contributed by atoms with Gasteiger partial charge in [0.05, 0.1) is 5.69 Å². The van der Waals surface area contributed by atoms with Crippen LogP contribution in [0.3, 0.4) is 0 Å². The van der Waals surface area contributed by atoms with Gasteiger partial charge in [0.2, 0.25) is 0 Å². The number of aromatic amines is 1. The highest BCUT2D eigenvalue weighted by Gasteiger charge is 2.20.